The summed E-state index contributed by atoms with van der Waals surface area (Å²) < 4.78 is 0. The van der Waals surface area contributed by atoms with Gasteiger partial charge in [0, 0.05) is 12.7 Å². The van der Waals surface area contributed by atoms with Crippen LogP contribution in [-0.2, 0) is 4.79 Å². The van der Waals surface area contributed by atoms with Gasteiger partial charge in [0.05, 0.1) is 11.4 Å². The Morgan fingerprint density at radius 2 is 1.44 bits per heavy atom. The van der Waals surface area contributed by atoms with E-state index >= 15 is 0 Å². The summed E-state index contributed by atoms with van der Waals surface area (Å²) in [5.74, 6) is 0. The summed E-state index contributed by atoms with van der Waals surface area (Å²) in [6.45, 7) is 0. The highest BCUT2D eigenvalue weighted by molar-refractivity contribution is 5.74. The molecule has 0 aromatic heterocycles. The van der Waals surface area contributed by atoms with E-state index in [1.54, 1.807) is 7.05 Å². The van der Waals surface area contributed by atoms with Crippen molar-refractivity contribution < 1.29 is 4.79 Å². The molecule has 18 heavy (non-hydrogen) atoms. The van der Waals surface area contributed by atoms with E-state index < -0.39 is 0 Å². The maximum absolute atomic E-state index is 10.6. The molecule has 2 aromatic carbocycles. The predicted octanol–water partition coefficient (Wildman–Crippen LogP) is 3.69. The molecule has 0 aliphatic carbocycles. The van der Waals surface area contributed by atoms with Gasteiger partial charge in [-0.1, -0.05) is 18.2 Å². The number of carbonyl (C=O) groups excluding carboxylic acids is 1. The summed E-state index contributed by atoms with van der Waals surface area (Å²) in [6.07, 6.45) is 0.764. The molecule has 0 N–H and O–H groups in total. The minimum atomic E-state index is 0.752. The summed E-state index contributed by atoms with van der Waals surface area (Å²) in [4.78, 5) is 12.1. The highest BCUT2D eigenvalue weighted by Gasteiger charge is 1.97. The van der Waals surface area contributed by atoms with Gasteiger partial charge < -0.3 is 4.90 Å². The Labute approximate surface area is 106 Å². The number of nitrogens with zero attached hydrogens (tertiary/aromatic N) is 3. The van der Waals surface area contributed by atoms with Gasteiger partial charge in [-0.05, 0) is 36.4 Å². The lowest BCUT2D eigenvalue weighted by Crippen LogP contribution is -2.12. The van der Waals surface area contributed by atoms with Crippen molar-refractivity contribution in [2.75, 3.05) is 11.9 Å². The van der Waals surface area contributed by atoms with E-state index in [-0.39, 0.29) is 0 Å². The van der Waals surface area contributed by atoms with Gasteiger partial charge in [-0.2, -0.15) is 10.2 Å². The molecule has 2 aromatic rings. The van der Waals surface area contributed by atoms with E-state index in [0.29, 0.717) is 0 Å². The molecule has 0 fully saturated rings. The van der Waals surface area contributed by atoms with Crippen LogP contribution in [-0.4, -0.2) is 13.5 Å². The predicted molar refractivity (Wildman–Crippen MR) is 71.5 cm³/mol. The Kier molecular flexibility index (Phi) is 3.81. The van der Waals surface area contributed by atoms with Crippen LogP contribution in [0.4, 0.5) is 17.1 Å². The molecular weight excluding hydrogens is 226 g/mol. The summed E-state index contributed by atoms with van der Waals surface area (Å²) in [7, 11) is 1.70. The highest BCUT2D eigenvalue weighted by Crippen LogP contribution is 2.20. The average molecular weight is 239 g/mol. The Morgan fingerprint density at radius 1 is 0.889 bits per heavy atom. The van der Waals surface area contributed by atoms with E-state index in [2.05, 4.69) is 10.2 Å². The van der Waals surface area contributed by atoms with Crippen LogP contribution < -0.4 is 4.90 Å². The van der Waals surface area contributed by atoms with E-state index in [4.69, 9.17) is 0 Å². The second-order valence-electron chi connectivity index (χ2n) is 3.77. The lowest BCUT2D eigenvalue weighted by Gasteiger charge is -2.09. The molecule has 0 saturated heterocycles. The van der Waals surface area contributed by atoms with Crippen molar-refractivity contribution >= 4 is 23.5 Å². The molecular formula is C14H13N3O. The number of hydrogen-bond donors (Lipinski definition) is 0. The second kappa shape index (κ2) is 5.72. The van der Waals surface area contributed by atoms with E-state index in [1.807, 2.05) is 54.6 Å². The number of benzene rings is 2. The summed E-state index contributed by atoms with van der Waals surface area (Å²) in [5, 5.41) is 8.23. The number of azo groups is 1. The molecule has 4 nitrogen and oxygen atoms in total. The van der Waals surface area contributed by atoms with Gasteiger partial charge in [-0.15, -0.1) is 0 Å². The number of rotatable bonds is 4. The lowest BCUT2D eigenvalue weighted by atomic mass is 10.3. The number of anilines is 1. The van der Waals surface area contributed by atoms with E-state index in [9.17, 15) is 4.79 Å². The minimum Gasteiger partial charge on any atom is -0.318 e. The van der Waals surface area contributed by atoms with Gasteiger partial charge in [-0.25, -0.2) is 0 Å². The zero-order chi connectivity index (χ0) is 12.8. The van der Waals surface area contributed by atoms with Crippen molar-refractivity contribution in [2.24, 2.45) is 10.2 Å². The highest BCUT2D eigenvalue weighted by atomic mass is 16.1. The third-order valence-electron chi connectivity index (χ3n) is 2.45. The van der Waals surface area contributed by atoms with Gasteiger partial charge in [0.25, 0.3) is 0 Å². The van der Waals surface area contributed by atoms with Crippen molar-refractivity contribution in [3.05, 3.63) is 54.6 Å². The molecule has 0 aliphatic heterocycles. The third-order valence-corrected chi connectivity index (χ3v) is 2.45. The maximum Gasteiger partial charge on any atom is 0.213 e. The smallest absolute Gasteiger partial charge is 0.213 e. The molecule has 0 bridgehead atoms. The van der Waals surface area contributed by atoms with Gasteiger partial charge in [0.1, 0.15) is 0 Å². The quantitative estimate of drug-likeness (QED) is 0.592. The first-order chi connectivity index (χ1) is 8.79. The zero-order valence-corrected chi connectivity index (χ0v) is 10.0. The summed E-state index contributed by atoms with van der Waals surface area (Å²) in [6, 6.07) is 16.8. The van der Waals surface area contributed by atoms with Gasteiger partial charge in [0.2, 0.25) is 6.41 Å². The molecule has 1 amide bonds. The Hall–Kier alpha value is -2.49. The molecule has 4 heteroatoms. The van der Waals surface area contributed by atoms with Crippen molar-refractivity contribution in [1.29, 1.82) is 0 Å². The van der Waals surface area contributed by atoms with E-state index in [1.165, 1.54) is 4.90 Å². The van der Waals surface area contributed by atoms with E-state index in [0.717, 1.165) is 23.5 Å². The Bertz CT molecular complexity index is 535. The molecule has 0 unspecified atom stereocenters. The molecule has 90 valence electrons. The SMILES string of the molecule is CN(C=O)c1ccc(N=Nc2ccccc2)cc1. The summed E-state index contributed by atoms with van der Waals surface area (Å²) in [5.41, 5.74) is 2.39. The first kappa shape index (κ1) is 12.0. The number of hydrogen-bond acceptors (Lipinski definition) is 3. The van der Waals surface area contributed by atoms with Crippen LogP contribution >= 0.6 is 0 Å². The standard InChI is InChI=1S/C14H13N3O/c1-17(11-18)14-9-7-13(8-10-14)16-15-12-5-3-2-4-6-12/h2-11H,1H3. The second-order valence-corrected chi connectivity index (χ2v) is 3.77. The number of carbonyl (C=O) groups is 1. The number of amides is 1. The Balaban J connectivity index is 2.11. The molecule has 0 saturated carbocycles. The monoisotopic (exact) mass is 239 g/mol. The normalized spacial score (nSPS) is 10.5. The fourth-order valence-corrected chi connectivity index (χ4v) is 1.43. The van der Waals surface area contributed by atoms with Crippen LogP contribution in [0.15, 0.2) is 64.8 Å². The fraction of sp³-hybridized carbons (Fsp3) is 0.0714. The Morgan fingerprint density at radius 3 is 2.00 bits per heavy atom. The van der Waals surface area contributed by atoms with Crippen molar-refractivity contribution in [1.82, 2.24) is 0 Å². The molecule has 0 spiro atoms. The third kappa shape index (κ3) is 3.01. The van der Waals surface area contributed by atoms with Gasteiger partial charge in [-0.3, -0.25) is 4.79 Å². The lowest BCUT2D eigenvalue weighted by molar-refractivity contribution is -0.107. The average Bonchev–Trinajstić information content (AvgIpc) is 2.46. The van der Waals surface area contributed by atoms with Crippen LogP contribution in [0.25, 0.3) is 0 Å². The molecule has 0 aliphatic rings. The largest absolute Gasteiger partial charge is 0.318 e. The van der Waals surface area contributed by atoms with Crippen molar-refractivity contribution in [3.63, 3.8) is 0 Å². The molecule has 0 radical (unpaired) electrons. The maximum atomic E-state index is 10.6. The van der Waals surface area contributed by atoms with Crippen LogP contribution in [0.3, 0.4) is 0 Å². The van der Waals surface area contributed by atoms with Crippen LogP contribution in [0.2, 0.25) is 0 Å². The van der Waals surface area contributed by atoms with Gasteiger partial charge >= 0.3 is 0 Å². The first-order valence-electron chi connectivity index (χ1n) is 5.54. The van der Waals surface area contributed by atoms with Gasteiger partial charge in [0.15, 0.2) is 0 Å². The summed E-state index contributed by atoms with van der Waals surface area (Å²) >= 11 is 0. The minimum absolute atomic E-state index is 0.752. The molecule has 0 heterocycles. The van der Waals surface area contributed by atoms with Crippen LogP contribution in [0.5, 0.6) is 0 Å². The van der Waals surface area contributed by atoms with Crippen molar-refractivity contribution in [3.8, 4) is 0 Å². The van der Waals surface area contributed by atoms with Crippen LogP contribution in [0.1, 0.15) is 0 Å². The fourth-order valence-electron chi connectivity index (χ4n) is 1.43. The first-order valence-corrected chi connectivity index (χ1v) is 5.54. The topological polar surface area (TPSA) is 45.0 Å². The molecule has 2 rings (SSSR count). The zero-order valence-electron chi connectivity index (χ0n) is 10.0. The van der Waals surface area contributed by atoms with Crippen LogP contribution in [0, 0.1) is 0 Å². The molecule has 0 atom stereocenters. The van der Waals surface area contributed by atoms with Crippen molar-refractivity contribution in [2.45, 2.75) is 0 Å².